The number of nitrogens with zero attached hydrogens (tertiary/aromatic N) is 4. The average Bonchev–Trinajstić information content (AvgIpc) is 3.36. The second-order valence-electron chi connectivity index (χ2n) is 11.1. The van der Waals surface area contributed by atoms with Gasteiger partial charge < -0.3 is 18.9 Å². The van der Waals surface area contributed by atoms with Crippen molar-refractivity contribution in [3.8, 4) is 33.3 Å². The molecule has 2 saturated heterocycles. The molecule has 9 nitrogen and oxygen atoms in total. The van der Waals surface area contributed by atoms with Crippen molar-refractivity contribution in [2.45, 2.75) is 83.3 Å². The van der Waals surface area contributed by atoms with Crippen molar-refractivity contribution in [3.05, 3.63) is 41.5 Å². The smallest absolute Gasteiger partial charge is 0.410 e. The van der Waals surface area contributed by atoms with Gasteiger partial charge in [0.15, 0.2) is 13.0 Å². The minimum Gasteiger partial charge on any atom is -0.470 e. The van der Waals surface area contributed by atoms with E-state index in [1.54, 1.807) is 35.5 Å². The van der Waals surface area contributed by atoms with Gasteiger partial charge in [-0.3, -0.25) is 4.90 Å². The zero-order valence-electron chi connectivity index (χ0n) is 23.4. The zero-order chi connectivity index (χ0) is 28.4. The van der Waals surface area contributed by atoms with Crippen molar-refractivity contribution in [2.24, 2.45) is 0 Å². The molecule has 0 N–H and O–H groups in total. The van der Waals surface area contributed by atoms with Gasteiger partial charge in [0, 0.05) is 37.4 Å². The number of amides is 1. The summed E-state index contributed by atoms with van der Waals surface area (Å²) < 4.78 is 38.2. The highest BCUT2D eigenvalue weighted by atomic mass is 32.1. The normalized spacial score (nSPS) is 22.6. The highest BCUT2D eigenvalue weighted by Gasteiger charge is 2.49. The summed E-state index contributed by atoms with van der Waals surface area (Å²) in [4.78, 5) is 19.8. The Morgan fingerprint density at radius 3 is 2.67 bits per heavy atom. The molecular formula is C29H35FN4O5S. The van der Waals surface area contributed by atoms with Crippen LogP contribution in [0.4, 0.5) is 9.18 Å². The molecule has 5 rings (SSSR count). The number of aryl methyl sites for hydroxylation is 1. The lowest BCUT2D eigenvalue weighted by Gasteiger charge is -2.49. The van der Waals surface area contributed by atoms with Gasteiger partial charge in [-0.1, -0.05) is 6.07 Å². The van der Waals surface area contributed by atoms with Gasteiger partial charge >= 0.3 is 6.09 Å². The number of rotatable bonds is 7. The molecule has 40 heavy (non-hydrogen) atoms. The van der Waals surface area contributed by atoms with Crippen LogP contribution in [0.1, 0.15) is 51.5 Å². The Morgan fingerprint density at radius 2 is 2.00 bits per heavy atom. The third-order valence-electron chi connectivity index (χ3n) is 7.03. The number of halogens is 1. The first-order chi connectivity index (χ1) is 19.1. The average molecular weight is 571 g/mol. The standard InChI is InChI=1S/C29H35FN4O5S/c1-17-31-15-25(40-17)18-9-10-20(23(13-18)37-16-36-5)21-11-12-26(33-32-21)38-24-14-19-7-6-8-22(27(24)30)34(19)28(35)39-29(2,3)4/h9-13,15,19,22,24,27H,6-8,14,16H2,1-5H3/t19-,22+,24-,27+/m1/s1. The van der Waals surface area contributed by atoms with Gasteiger partial charge in [-0.05, 0) is 70.7 Å². The van der Waals surface area contributed by atoms with Crippen molar-refractivity contribution in [1.29, 1.82) is 0 Å². The topological polar surface area (TPSA) is 95.9 Å². The molecule has 214 valence electrons. The van der Waals surface area contributed by atoms with Gasteiger partial charge in [-0.25, -0.2) is 14.2 Å². The molecule has 11 heteroatoms. The van der Waals surface area contributed by atoms with E-state index in [1.165, 1.54) is 0 Å². The van der Waals surface area contributed by atoms with E-state index in [1.807, 2.05) is 52.1 Å². The predicted octanol–water partition coefficient (Wildman–Crippen LogP) is 6.21. The summed E-state index contributed by atoms with van der Waals surface area (Å²) in [6.45, 7) is 7.49. The van der Waals surface area contributed by atoms with Gasteiger partial charge in [-0.2, -0.15) is 0 Å². The lowest BCUT2D eigenvalue weighted by molar-refractivity contribution is -0.0802. The lowest BCUT2D eigenvalue weighted by Crippen LogP contribution is -2.63. The number of fused-ring (bicyclic) bond motifs is 2. The van der Waals surface area contributed by atoms with Crippen molar-refractivity contribution >= 4 is 17.4 Å². The van der Waals surface area contributed by atoms with E-state index in [2.05, 4.69) is 15.2 Å². The van der Waals surface area contributed by atoms with Crippen LogP contribution in [0.15, 0.2) is 36.5 Å². The molecule has 4 heterocycles. The van der Waals surface area contributed by atoms with E-state index >= 15 is 4.39 Å². The largest absolute Gasteiger partial charge is 0.470 e. The van der Waals surface area contributed by atoms with Crippen molar-refractivity contribution in [3.63, 3.8) is 0 Å². The second kappa shape index (κ2) is 11.7. The summed E-state index contributed by atoms with van der Waals surface area (Å²) >= 11 is 1.60. The Balaban J connectivity index is 1.31. The number of carbonyl (C=O) groups excluding carboxylic acids is 1. The van der Waals surface area contributed by atoms with Gasteiger partial charge in [0.25, 0.3) is 0 Å². The molecule has 0 spiro atoms. The molecule has 2 aliphatic rings. The number of aromatic nitrogens is 3. The number of methoxy groups -OCH3 is 1. The fourth-order valence-corrected chi connectivity index (χ4v) is 6.09. The fraction of sp³-hybridized carbons (Fsp3) is 0.517. The lowest BCUT2D eigenvalue weighted by atomic mass is 9.82. The number of thiazole rings is 1. The SMILES string of the molecule is COCOc1cc(-c2cnc(C)s2)ccc1-c1ccc(O[C@@H]2C[C@H]3CCC[C@@H]([C@@H]2F)N3C(=O)OC(C)(C)C)nn1. The first kappa shape index (κ1) is 28.2. The van der Waals surface area contributed by atoms with Crippen LogP contribution in [0.25, 0.3) is 21.7 Å². The molecule has 0 unspecified atom stereocenters. The number of hydrogen-bond donors (Lipinski definition) is 0. The quantitative estimate of drug-likeness (QED) is 0.310. The highest BCUT2D eigenvalue weighted by molar-refractivity contribution is 7.15. The molecule has 4 atom stereocenters. The van der Waals surface area contributed by atoms with Gasteiger partial charge in [0.1, 0.15) is 17.5 Å². The van der Waals surface area contributed by atoms with Crippen LogP contribution < -0.4 is 9.47 Å². The Bertz CT molecular complexity index is 1330. The summed E-state index contributed by atoms with van der Waals surface area (Å²) in [6, 6.07) is 8.58. The Morgan fingerprint density at radius 1 is 1.18 bits per heavy atom. The van der Waals surface area contributed by atoms with E-state index in [-0.39, 0.29) is 18.7 Å². The maximum absolute atomic E-state index is 15.7. The van der Waals surface area contributed by atoms with Gasteiger partial charge in [0.05, 0.1) is 21.6 Å². The monoisotopic (exact) mass is 570 g/mol. The highest BCUT2D eigenvalue weighted by Crippen LogP contribution is 2.39. The molecule has 2 aromatic heterocycles. The number of alkyl halides is 1. The van der Waals surface area contributed by atoms with E-state index in [4.69, 9.17) is 18.9 Å². The number of benzene rings is 1. The summed E-state index contributed by atoms with van der Waals surface area (Å²) in [5.41, 5.74) is 1.66. The Labute approximate surface area is 237 Å². The summed E-state index contributed by atoms with van der Waals surface area (Å²) in [6.07, 6.45) is 1.89. The van der Waals surface area contributed by atoms with Crippen LogP contribution in [0.5, 0.6) is 11.6 Å². The molecular weight excluding hydrogens is 535 g/mol. The molecule has 2 fully saturated rings. The number of piperidine rings is 2. The van der Waals surface area contributed by atoms with Crippen LogP contribution in [0, 0.1) is 6.92 Å². The third kappa shape index (κ3) is 6.20. The molecule has 1 amide bonds. The van der Waals surface area contributed by atoms with E-state index in [9.17, 15) is 4.79 Å². The molecule has 0 aliphatic carbocycles. The fourth-order valence-electron chi connectivity index (χ4n) is 5.32. The van der Waals surface area contributed by atoms with E-state index in [0.29, 0.717) is 24.3 Å². The van der Waals surface area contributed by atoms with E-state index < -0.39 is 30.0 Å². The molecule has 1 aromatic carbocycles. The Hall–Kier alpha value is -3.31. The van der Waals surface area contributed by atoms with Crippen molar-refractivity contribution in [2.75, 3.05) is 13.9 Å². The van der Waals surface area contributed by atoms with Crippen molar-refractivity contribution in [1.82, 2.24) is 20.1 Å². The summed E-state index contributed by atoms with van der Waals surface area (Å²) in [5.74, 6) is 0.829. The third-order valence-corrected chi connectivity index (χ3v) is 7.99. The maximum Gasteiger partial charge on any atom is 0.410 e. The maximum atomic E-state index is 15.7. The van der Waals surface area contributed by atoms with Crippen molar-refractivity contribution < 1.29 is 28.1 Å². The molecule has 3 aromatic rings. The second-order valence-corrected chi connectivity index (χ2v) is 12.4. The number of hydrogen-bond acceptors (Lipinski definition) is 9. The minimum absolute atomic E-state index is 0.0784. The van der Waals surface area contributed by atoms with Gasteiger partial charge in [-0.15, -0.1) is 21.5 Å². The molecule has 0 saturated carbocycles. The Kier molecular flexibility index (Phi) is 8.23. The van der Waals surface area contributed by atoms with Gasteiger partial charge in [0.2, 0.25) is 5.88 Å². The van der Waals surface area contributed by atoms with Crippen LogP contribution in [-0.2, 0) is 9.47 Å². The summed E-state index contributed by atoms with van der Waals surface area (Å²) in [7, 11) is 1.56. The molecule has 2 bridgehead atoms. The summed E-state index contributed by atoms with van der Waals surface area (Å²) in [5, 5.41) is 9.59. The predicted molar refractivity (Wildman–Crippen MR) is 149 cm³/mol. The van der Waals surface area contributed by atoms with Crippen LogP contribution in [0.2, 0.25) is 0 Å². The molecule has 0 radical (unpaired) electrons. The zero-order valence-corrected chi connectivity index (χ0v) is 24.2. The van der Waals surface area contributed by atoms with Crippen LogP contribution in [0.3, 0.4) is 0 Å². The van der Waals surface area contributed by atoms with Crippen LogP contribution >= 0.6 is 11.3 Å². The first-order valence-corrected chi connectivity index (χ1v) is 14.3. The van der Waals surface area contributed by atoms with Crippen LogP contribution in [-0.4, -0.2) is 70.0 Å². The first-order valence-electron chi connectivity index (χ1n) is 13.5. The number of carbonyl (C=O) groups is 1. The minimum atomic E-state index is -1.36. The van der Waals surface area contributed by atoms with E-state index in [0.717, 1.165) is 33.9 Å². The molecule has 2 aliphatic heterocycles. The number of ether oxygens (including phenoxy) is 4.